The van der Waals surface area contributed by atoms with Crippen molar-refractivity contribution in [1.29, 1.82) is 0 Å². The molecule has 122 valence electrons. The molecule has 6 nitrogen and oxygen atoms in total. The van der Waals surface area contributed by atoms with E-state index in [1.807, 2.05) is 0 Å². The van der Waals surface area contributed by atoms with Crippen LogP contribution in [0, 0.1) is 0 Å². The van der Waals surface area contributed by atoms with Crippen LogP contribution in [0.25, 0.3) is 0 Å². The van der Waals surface area contributed by atoms with Crippen molar-refractivity contribution >= 4 is 23.6 Å². The number of hydrogen-bond donors (Lipinski definition) is 3. The lowest BCUT2D eigenvalue weighted by Gasteiger charge is -2.19. The summed E-state index contributed by atoms with van der Waals surface area (Å²) in [4.78, 5) is 22.7. The van der Waals surface area contributed by atoms with Gasteiger partial charge in [-0.05, 0) is 13.0 Å². The smallest absolute Gasteiger partial charge is 0.337 e. The number of carbonyl (C=O) groups excluding carboxylic acids is 1. The molecule has 2 atom stereocenters. The quantitative estimate of drug-likeness (QED) is 0.517. The minimum absolute atomic E-state index is 0.0441. The van der Waals surface area contributed by atoms with Crippen molar-refractivity contribution in [2.45, 2.75) is 29.7 Å². The lowest BCUT2D eigenvalue weighted by Crippen LogP contribution is -2.45. The van der Waals surface area contributed by atoms with Crippen molar-refractivity contribution in [2.24, 2.45) is 5.73 Å². The van der Waals surface area contributed by atoms with E-state index in [9.17, 15) is 18.4 Å². The third-order valence-corrected chi connectivity index (χ3v) is 3.84. The van der Waals surface area contributed by atoms with Crippen LogP contribution in [0.1, 0.15) is 18.9 Å². The standard InChI is InChI=1S/C13H16F2N2O4S/c1-6(16)11(18)17-12(13(19)20)22-9-7(10(14)15)4-3-5-8(9)21-2/h3-6,10,12H,16H2,1-2H3,(H,17,18)(H,19,20)/t6-,12-/m1/s1. The van der Waals surface area contributed by atoms with Gasteiger partial charge in [-0.15, -0.1) is 0 Å². The van der Waals surface area contributed by atoms with Crippen LogP contribution >= 0.6 is 11.8 Å². The molecule has 0 aliphatic rings. The van der Waals surface area contributed by atoms with Crippen LogP contribution in [0.15, 0.2) is 23.1 Å². The molecule has 0 spiro atoms. The van der Waals surface area contributed by atoms with Gasteiger partial charge in [0.25, 0.3) is 6.43 Å². The average Bonchev–Trinajstić information content (AvgIpc) is 2.45. The topological polar surface area (TPSA) is 102 Å². The minimum atomic E-state index is -2.81. The van der Waals surface area contributed by atoms with Crippen LogP contribution in [0.3, 0.4) is 0 Å². The Morgan fingerprint density at radius 2 is 2.05 bits per heavy atom. The summed E-state index contributed by atoms with van der Waals surface area (Å²) < 4.78 is 31.1. The van der Waals surface area contributed by atoms with Crippen LogP contribution in [0.5, 0.6) is 5.75 Å². The molecule has 0 saturated heterocycles. The fourth-order valence-electron chi connectivity index (χ4n) is 1.51. The molecular weight excluding hydrogens is 318 g/mol. The zero-order valence-corrected chi connectivity index (χ0v) is 12.7. The molecule has 4 N–H and O–H groups in total. The highest BCUT2D eigenvalue weighted by atomic mass is 32.2. The molecule has 22 heavy (non-hydrogen) atoms. The number of aliphatic carboxylic acids is 1. The zero-order chi connectivity index (χ0) is 16.9. The van der Waals surface area contributed by atoms with Gasteiger partial charge in [-0.1, -0.05) is 23.9 Å². The van der Waals surface area contributed by atoms with E-state index in [1.165, 1.54) is 32.2 Å². The van der Waals surface area contributed by atoms with E-state index >= 15 is 0 Å². The van der Waals surface area contributed by atoms with Crippen molar-refractivity contribution in [3.8, 4) is 5.75 Å². The van der Waals surface area contributed by atoms with E-state index < -0.39 is 29.7 Å². The molecule has 0 radical (unpaired) electrons. The third kappa shape index (κ3) is 4.57. The minimum Gasteiger partial charge on any atom is -0.496 e. The summed E-state index contributed by atoms with van der Waals surface area (Å²) in [6.45, 7) is 1.38. The summed E-state index contributed by atoms with van der Waals surface area (Å²) in [6, 6.07) is 3.05. The molecule has 1 amide bonds. The van der Waals surface area contributed by atoms with Gasteiger partial charge in [0, 0.05) is 5.56 Å². The van der Waals surface area contributed by atoms with Gasteiger partial charge in [0.1, 0.15) is 5.75 Å². The first-order valence-electron chi connectivity index (χ1n) is 6.18. The molecule has 0 aliphatic carbocycles. The Bertz CT molecular complexity index is 555. The molecule has 0 heterocycles. The van der Waals surface area contributed by atoms with Crippen molar-refractivity contribution < 1.29 is 28.2 Å². The summed E-state index contributed by atoms with van der Waals surface area (Å²) in [5.74, 6) is -1.98. The Morgan fingerprint density at radius 1 is 1.41 bits per heavy atom. The Kier molecular flexibility index (Phi) is 6.57. The number of alkyl halides is 2. The molecule has 0 saturated carbocycles. The summed E-state index contributed by atoms with van der Waals surface area (Å²) >= 11 is 0.557. The average molecular weight is 334 g/mol. The van der Waals surface area contributed by atoms with E-state index in [1.54, 1.807) is 0 Å². The first-order valence-corrected chi connectivity index (χ1v) is 7.06. The van der Waals surface area contributed by atoms with E-state index in [2.05, 4.69) is 5.32 Å². The molecule has 0 fully saturated rings. The van der Waals surface area contributed by atoms with Crippen molar-refractivity contribution in [3.05, 3.63) is 23.8 Å². The largest absolute Gasteiger partial charge is 0.496 e. The second-order valence-electron chi connectivity index (χ2n) is 4.31. The van der Waals surface area contributed by atoms with Gasteiger partial charge in [0.15, 0.2) is 5.37 Å². The number of hydrogen-bond acceptors (Lipinski definition) is 5. The van der Waals surface area contributed by atoms with Crippen molar-refractivity contribution in [1.82, 2.24) is 5.32 Å². The predicted molar refractivity (Wildman–Crippen MR) is 77.0 cm³/mol. The van der Waals surface area contributed by atoms with Gasteiger partial charge in [-0.3, -0.25) is 4.79 Å². The van der Waals surface area contributed by atoms with E-state index in [4.69, 9.17) is 15.6 Å². The number of nitrogens with two attached hydrogens (primary N) is 1. The number of carboxylic acid groups (broad SMARTS) is 1. The number of ether oxygens (including phenoxy) is 1. The normalized spacial score (nSPS) is 13.5. The number of halogens is 2. The maximum absolute atomic E-state index is 13.1. The summed E-state index contributed by atoms with van der Waals surface area (Å²) in [5.41, 5.74) is 4.98. The van der Waals surface area contributed by atoms with Crippen LogP contribution in [-0.2, 0) is 9.59 Å². The van der Waals surface area contributed by atoms with E-state index in [0.717, 1.165) is 0 Å². The first-order chi connectivity index (χ1) is 10.3. The Balaban J connectivity index is 3.12. The summed E-state index contributed by atoms with van der Waals surface area (Å²) in [5, 5.41) is 9.87. The highest BCUT2D eigenvalue weighted by molar-refractivity contribution is 8.00. The molecule has 0 bridgehead atoms. The number of rotatable bonds is 7. The lowest BCUT2D eigenvalue weighted by atomic mass is 10.2. The first kappa shape index (κ1) is 18.2. The SMILES string of the molecule is COc1cccc(C(F)F)c1S[C@@H](NC(=O)[C@@H](C)N)C(=O)O. The maximum Gasteiger partial charge on any atom is 0.337 e. The number of thioether (sulfide) groups is 1. The maximum atomic E-state index is 13.1. The zero-order valence-electron chi connectivity index (χ0n) is 11.9. The van der Waals surface area contributed by atoms with Gasteiger partial charge in [0.2, 0.25) is 5.91 Å². The fraction of sp³-hybridized carbons (Fsp3) is 0.385. The fourth-order valence-corrected chi connectivity index (χ4v) is 2.58. The second kappa shape index (κ2) is 7.95. The summed E-state index contributed by atoms with van der Waals surface area (Å²) in [7, 11) is 1.28. The molecular formula is C13H16F2N2O4S. The molecule has 1 aromatic carbocycles. The van der Waals surface area contributed by atoms with Crippen LogP contribution in [0.4, 0.5) is 8.78 Å². The molecule has 9 heteroatoms. The predicted octanol–water partition coefficient (Wildman–Crippen LogP) is 1.60. The third-order valence-electron chi connectivity index (χ3n) is 2.61. The van der Waals surface area contributed by atoms with Gasteiger partial charge >= 0.3 is 5.97 Å². The highest BCUT2D eigenvalue weighted by Crippen LogP contribution is 2.39. The van der Waals surface area contributed by atoms with E-state index in [-0.39, 0.29) is 16.2 Å². The molecule has 0 aromatic heterocycles. The van der Waals surface area contributed by atoms with Gasteiger partial charge < -0.3 is 20.9 Å². The van der Waals surface area contributed by atoms with Crippen LogP contribution in [-0.4, -0.2) is 35.5 Å². The Morgan fingerprint density at radius 3 is 2.50 bits per heavy atom. The second-order valence-corrected chi connectivity index (χ2v) is 5.43. The van der Waals surface area contributed by atoms with E-state index in [0.29, 0.717) is 11.8 Å². The molecule has 0 aliphatic heterocycles. The van der Waals surface area contributed by atoms with Gasteiger partial charge in [0.05, 0.1) is 18.0 Å². The van der Waals surface area contributed by atoms with Crippen molar-refractivity contribution in [3.63, 3.8) is 0 Å². The van der Waals surface area contributed by atoms with Gasteiger partial charge in [-0.2, -0.15) is 0 Å². The van der Waals surface area contributed by atoms with Gasteiger partial charge in [-0.25, -0.2) is 13.6 Å². The number of methoxy groups -OCH3 is 1. The molecule has 1 rings (SSSR count). The number of carbonyl (C=O) groups is 2. The highest BCUT2D eigenvalue weighted by Gasteiger charge is 2.27. The number of amides is 1. The Hall–Kier alpha value is -1.87. The van der Waals surface area contributed by atoms with Crippen LogP contribution < -0.4 is 15.8 Å². The monoisotopic (exact) mass is 334 g/mol. The number of benzene rings is 1. The number of carboxylic acids is 1. The molecule has 0 unspecified atom stereocenters. The Labute approximate surface area is 130 Å². The van der Waals surface area contributed by atoms with Crippen LogP contribution in [0.2, 0.25) is 0 Å². The molecule has 1 aromatic rings. The number of nitrogens with one attached hydrogen (secondary N) is 1. The lowest BCUT2D eigenvalue weighted by molar-refractivity contribution is -0.139. The van der Waals surface area contributed by atoms with Crippen molar-refractivity contribution in [2.75, 3.05) is 7.11 Å². The summed E-state index contributed by atoms with van der Waals surface area (Å²) in [6.07, 6.45) is -2.81.